The lowest BCUT2D eigenvalue weighted by Gasteiger charge is -2.21. The third kappa shape index (κ3) is 4.41. The molecule has 1 aliphatic rings. The molecule has 0 spiro atoms. The molecule has 0 aromatic heterocycles. The van der Waals surface area contributed by atoms with Crippen LogP contribution in [0.2, 0.25) is 0 Å². The molecule has 1 aliphatic heterocycles. The first-order valence-corrected chi connectivity index (χ1v) is 6.31. The van der Waals surface area contributed by atoms with Gasteiger partial charge >= 0.3 is 6.36 Å². The zero-order chi connectivity index (χ0) is 14.6. The van der Waals surface area contributed by atoms with Crippen LogP contribution in [0.5, 0.6) is 5.75 Å². The Morgan fingerprint density at radius 3 is 2.55 bits per heavy atom. The maximum absolute atomic E-state index is 12.0. The number of ether oxygens (including phenoxy) is 1. The number of halogens is 3. The van der Waals surface area contributed by atoms with Crippen LogP contribution in [-0.2, 0) is 4.79 Å². The molecule has 2 rings (SSSR count). The normalized spacial score (nSPS) is 19.4. The highest BCUT2D eigenvalue weighted by atomic mass is 19.4. The summed E-state index contributed by atoms with van der Waals surface area (Å²) in [7, 11) is 0. The largest absolute Gasteiger partial charge is 0.573 e. The lowest BCUT2D eigenvalue weighted by molar-refractivity contribution is -0.274. The summed E-state index contributed by atoms with van der Waals surface area (Å²) >= 11 is 0. The van der Waals surface area contributed by atoms with E-state index in [0.717, 1.165) is 19.4 Å². The van der Waals surface area contributed by atoms with E-state index in [0.29, 0.717) is 12.2 Å². The van der Waals surface area contributed by atoms with E-state index in [1.54, 1.807) is 0 Å². The highest BCUT2D eigenvalue weighted by molar-refractivity contribution is 5.92. The van der Waals surface area contributed by atoms with Gasteiger partial charge in [0.15, 0.2) is 0 Å². The first kappa shape index (κ1) is 14.6. The SMILES string of the molecule is O=C(Nc1ccc(OC(F)(F)F)cc1)C1CCCNC1. The van der Waals surface area contributed by atoms with Crippen molar-refractivity contribution in [2.24, 2.45) is 5.92 Å². The van der Waals surface area contributed by atoms with Gasteiger partial charge in [-0.1, -0.05) is 0 Å². The van der Waals surface area contributed by atoms with Crippen LogP contribution >= 0.6 is 0 Å². The third-order valence-electron chi connectivity index (χ3n) is 3.02. The Bertz CT molecular complexity index is 454. The second-order valence-corrected chi connectivity index (χ2v) is 4.60. The molecular weight excluding hydrogens is 273 g/mol. The Hall–Kier alpha value is -1.76. The van der Waals surface area contributed by atoms with Gasteiger partial charge in [-0.2, -0.15) is 0 Å². The number of rotatable bonds is 3. The molecule has 20 heavy (non-hydrogen) atoms. The molecule has 1 aromatic rings. The predicted octanol–water partition coefficient (Wildman–Crippen LogP) is 2.52. The van der Waals surface area contributed by atoms with Crippen LogP contribution in [0.4, 0.5) is 18.9 Å². The van der Waals surface area contributed by atoms with Crippen LogP contribution in [0.1, 0.15) is 12.8 Å². The van der Waals surface area contributed by atoms with E-state index in [1.165, 1.54) is 24.3 Å². The van der Waals surface area contributed by atoms with Crippen molar-refractivity contribution >= 4 is 11.6 Å². The molecule has 110 valence electrons. The number of amides is 1. The topological polar surface area (TPSA) is 50.4 Å². The fourth-order valence-corrected chi connectivity index (χ4v) is 2.06. The Morgan fingerprint density at radius 2 is 2.00 bits per heavy atom. The molecule has 1 unspecified atom stereocenters. The second kappa shape index (κ2) is 6.13. The van der Waals surface area contributed by atoms with Crippen molar-refractivity contribution in [3.63, 3.8) is 0 Å². The highest BCUT2D eigenvalue weighted by Gasteiger charge is 2.31. The van der Waals surface area contributed by atoms with E-state index in [-0.39, 0.29) is 17.6 Å². The van der Waals surface area contributed by atoms with Gasteiger partial charge in [0.2, 0.25) is 5.91 Å². The van der Waals surface area contributed by atoms with Crippen molar-refractivity contribution in [1.29, 1.82) is 0 Å². The van der Waals surface area contributed by atoms with Crippen molar-refractivity contribution < 1.29 is 22.7 Å². The van der Waals surface area contributed by atoms with Crippen molar-refractivity contribution in [3.8, 4) is 5.75 Å². The zero-order valence-corrected chi connectivity index (χ0v) is 10.7. The van der Waals surface area contributed by atoms with Crippen LogP contribution in [0, 0.1) is 5.92 Å². The average molecular weight is 288 g/mol. The summed E-state index contributed by atoms with van der Waals surface area (Å²) in [6, 6.07) is 5.11. The van der Waals surface area contributed by atoms with Crippen molar-refractivity contribution in [2.75, 3.05) is 18.4 Å². The smallest absolute Gasteiger partial charge is 0.406 e. The molecule has 1 atom stereocenters. The van der Waals surface area contributed by atoms with Crippen molar-refractivity contribution in [1.82, 2.24) is 5.32 Å². The summed E-state index contributed by atoms with van der Waals surface area (Å²) in [6.07, 6.45) is -2.96. The van der Waals surface area contributed by atoms with Crippen LogP contribution in [0.25, 0.3) is 0 Å². The molecule has 1 aromatic carbocycles. The molecule has 4 nitrogen and oxygen atoms in total. The van der Waals surface area contributed by atoms with Gasteiger partial charge in [0.25, 0.3) is 0 Å². The molecule has 0 aliphatic carbocycles. The summed E-state index contributed by atoms with van der Waals surface area (Å²) in [6.45, 7) is 1.54. The Balaban J connectivity index is 1.91. The third-order valence-corrected chi connectivity index (χ3v) is 3.02. The predicted molar refractivity (Wildman–Crippen MR) is 67.3 cm³/mol. The van der Waals surface area contributed by atoms with E-state index in [1.807, 2.05) is 0 Å². The monoisotopic (exact) mass is 288 g/mol. The number of alkyl halides is 3. The van der Waals surface area contributed by atoms with Crippen LogP contribution in [0.15, 0.2) is 24.3 Å². The molecule has 0 bridgehead atoms. The van der Waals surface area contributed by atoms with Gasteiger partial charge in [0.05, 0.1) is 5.92 Å². The maximum Gasteiger partial charge on any atom is 0.573 e. The molecule has 1 heterocycles. The molecule has 2 N–H and O–H groups in total. The Labute approximate surface area is 114 Å². The number of piperidine rings is 1. The molecule has 1 fully saturated rings. The van der Waals surface area contributed by atoms with Crippen molar-refractivity contribution in [2.45, 2.75) is 19.2 Å². The van der Waals surface area contributed by atoms with Gasteiger partial charge in [-0.15, -0.1) is 13.2 Å². The second-order valence-electron chi connectivity index (χ2n) is 4.60. The summed E-state index contributed by atoms with van der Waals surface area (Å²) in [5.74, 6) is -0.536. The van der Waals surface area contributed by atoms with Crippen LogP contribution in [-0.4, -0.2) is 25.4 Å². The minimum absolute atomic E-state index is 0.102. The number of carbonyl (C=O) groups excluding carboxylic acids is 1. The number of carbonyl (C=O) groups is 1. The van der Waals surface area contributed by atoms with Crippen LogP contribution in [0.3, 0.4) is 0 Å². The fraction of sp³-hybridized carbons (Fsp3) is 0.462. The molecule has 1 saturated heterocycles. The maximum atomic E-state index is 12.0. The molecule has 0 radical (unpaired) electrons. The first-order chi connectivity index (χ1) is 9.44. The number of nitrogens with one attached hydrogen (secondary N) is 2. The number of benzene rings is 1. The van der Waals surface area contributed by atoms with Gasteiger partial charge in [0, 0.05) is 12.2 Å². The summed E-state index contributed by atoms with van der Waals surface area (Å²) in [5.41, 5.74) is 0.454. The van der Waals surface area contributed by atoms with E-state index in [9.17, 15) is 18.0 Å². The lowest BCUT2D eigenvalue weighted by Crippen LogP contribution is -2.37. The average Bonchev–Trinajstić information content (AvgIpc) is 2.40. The summed E-state index contributed by atoms with van der Waals surface area (Å²) < 4.78 is 39.7. The van der Waals surface area contributed by atoms with E-state index >= 15 is 0 Å². The fourth-order valence-electron chi connectivity index (χ4n) is 2.06. The number of anilines is 1. The minimum atomic E-state index is -4.71. The van der Waals surface area contributed by atoms with Gasteiger partial charge < -0.3 is 15.4 Å². The first-order valence-electron chi connectivity index (χ1n) is 6.31. The number of hydrogen-bond acceptors (Lipinski definition) is 3. The van der Waals surface area contributed by atoms with Gasteiger partial charge in [0.1, 0.15) is 5.75 Å². The summed E-state index contributed by atoms with van der Waals surface area (Å²) in [5, 5.41) is 5.82. The highest BCUT2D eigenvalue weighted by Crippen LogP contribution is 2.24. The van der Waals surface area contributed by atoms with Gasteiger partial charge in [-0.3, -0.25) is 4.79 Å². The molecular formula is C13H15F3N2O2. The zero-order valence-electron chi connectivity index (χ0n) is 10.7. The lowest BCUT2D eigenvalue weighted by atomic mass is 9.99. The number of hydrogen-bond donors (Lipinski definition) is 2. The van der Waals surface area contributed by atoms with Gasteiger partial charge in [-0.05, 0) is 43.7 Å². The molecule has 0 saturated carbocycles. The standard InChI is InChI=1S/C13H15F3N2O2/c14-13(15,16)20-11-5-3-10(4-6-11)18-12(19)9-2-1-7-17-8-9/h3-6,9,17H,1-2,7-8H2,(H,18,19). The minimum Gasteiger partial charge on any atom is -0.406 e. The van der Waals surface area contributed by atoms with Crippen LogP contribution < -0.4 is 15.4 Å². The van der Waals surface area contributed by atoms with E-state index in [4.69, 9.17) is 0 Å². The summed E-state index contributed by atoms with van der Waals surface area (Å²) in [4.78, 5) is 11.9. The van der Waals surface area contributed by atoms with E-state index in [2.05, 4.69) is 15.4 Å². The molecule has 1 amide bonds. The Kier molecular flexibility index (Phi) is 4.49. The van der Waals surface area contributed by atoms with E-state index < -0.39 is 6.36 Å². The van der Waals surface area contributed by atoms with Crippen molar-refractivity contribution in [3.05, 3.63) is 24.3 Å². The Morgan fingerprint density at radius 1 is 1.30 bits per heavy atom. The quantitative estimate of drug-likeness (QED) is 0.898. The molecule has 7 heteroatoms. The van der Waals surface area contributed by atoms with Gasteiger partial charge in [-0.25, -0.2) is 0 Å².